The highest BCUT2D eigenvalue weighted by molar-refractivity contribution is 6.25. The van der Waals surface area contributed by atoms with Crippen molar-refractivity contribution in [3.8, 4) is 0 Å². The first kappa shape index (κ1) is 9.67. The maximum absolute atomic E-state index is 6.36. The summed E-state index contributed by atoms with van der Waals surface area (Å²) < 4.78 is 0. The minimum Gasteiger partial charge on any atom is -0.308 e. The standard InChI is InChI=1S/C13H11ClN2/c1-9-5-6-11-10(13(9)14)8-16-7-3-2-4-12(16)15-11/h2-8,13H,1H3. The second-order valence-electron chi connectivity index (χ2n) is 3.99. The van der Waals surface area contributed by atoms with Crippen LogP contribution in [0.3, 0.4) is 0 Å². The lowest BCUT2D eigenvalue weighted by Crippen LogP contribution is -2.27. The molecule has 0 saturated carbocycles. The molecule has 16 heavy (non-hydrogen) atoms. The minimum absolute atomic E-state index is 0.0652. The van der Waals surface area contributed by atoms with Crippen molar-refractivity contribution >= 4 is 17.4 Å². The quantitative estimate of drug-likeness (QED) is 0.584. The largest absolute Gasteiger partial charge is 0.308 e. The smallest absolute Gasteiger partial charge is 0.137 e. The molecule has 0 amide bonds. The second-order valence-corrected chi connectivity index (χ2v) is 4.42. The van der Waals surface area contributed by atoms with E-state index < -0.39 is 0 Å². The first-order valence-electron chi connectivity index (χ1n) is 5.22. The van der Waals surface area contributed by atoms with Crippen LogP contribution >= 0.6 is 11.6 Å². The van der Waals surface area contributed by atoms with E-state index in [9.17, 15) is 0 Å². The summed E-state index contributed by atoms with van der Waals surface area (Å²) in [4.78, 5) is 6.58. The number of halogens is 1. The normalized spacial score (nSPS) is 26.4. The third kappa shape index (κ3) is 1.38. The number of alkyl halides is 1. The highest BCUT2D eigenvalue weighted by Gasteiger charge is 2.25. The third-order valence-electron chi connectivity index (χ3n) is 2.85. The summed E-state index contributed by atoms with van der Waals surface area (Å²) in [6.07, 6.45) is 14.1. The van der Waals surface area contributed by atoms with E-state index in [0.717, 1.165) is 22.7 Å². The van der Waals surface area contributed by atoms with E-state index in [2.05, 4.69) is 11.2 Å². The van der Waals surface area contributed by atoms with Crippen molar-refractivity contribution in [1.82, 2.24) is 4.90 Å². The molecule has 0 aromatic heterocycles. The van der Waals surface area contributed by atoms with E-state index >= 15 is 0 Å². The number of amidine groups is 1. The predicted molar refractivity (Wildman–Crippen MR) is 67.1 cm³/mol. The Labute approximate surface area is 99.6 Å². The molecule has 3 heteroatoms. The van der Waals surface area contributed by atoms with Crippen LogP contribution in [-0.4, -0.2) is 16.1 Å². The molecule has 2 aliphatic heterocycles. The molecule has 2 nitrogen and oxygen atoms in total. The Balaban J connectivity index is 2.09. The lowest BCUT2D eigenvalue weighted by atomic mass is 9.97. The van der Waals surface area contributed by atoms with Gasteiger partial charge in [-0.1, -0.05) is 17.7 Å². The van der Waals surface area contributed by atoms with Crippen LogP contribution in [0.25, 0.3) is 0 Å². The van der Waals surface area contributed by atoms with Gasteiger partial charge in [0.25, 0.3) is 0 Å². The average molecular weight is 231 g/mol. The van der Waals surface area contributed by atoms with Gasteiger partial charge in [-0.3, -0.25) is 0 Å². The van der Waals surface area contributed by atoms with E-state index in [0.29, 0.717) is 0 Å². The summed E-state index contributed by atoms with van der Waals surface area (Å²) in [6, 6.07) is 0. The number of hydrogen-bond donors (Lipinski definition) is 0. The molecule has 0 aromatic carbocycles. The monoisotopic (exact) mass is 230 g/mol. The Bertz CT molecular complexity index is 518. The van der Waals surface area contributed by atoms with Gasteiger partial charge in [-0.05, 0) is 25.2 Å². The van der Waals surface area contributed by atoms with Gasteiger partial charge in [-0.25, -0.2) is 4.99 Å². The number of fused-ring (bicyclic) bond motifs is 2. The third-order valence-corrected chi connectivity index (χ3v) is 3.43. The van der Waals surface area contributed by atoms with Crippen molar-refractivity contribution in [1.29, 1.82) is 0 Å². The lowest BCUT2D eigenvalue weighted by Gasteiger charge is -2.29. The molecular formula is C13H11ClN2. The summed E-state index contributed by atoms with van der Waals surface area (Å²) in [5, 5.41) is -0.0652. The van der Waals surface area contributed by atoms with E-state index in [1.807, 2.05) is 48.4 Å². The Morgan fingerprint density at radius 3 is 3.06 bits per heavy atom. The van der Waals surface area contributed by atoms with Crippen molar-refractivity contribution in [2.45, 2.75) is 12.3 Å². The van der Waals surface area contributed by atoms with Gasteiger partial charge in [0, 0.05) is 18.0 Å². The molecular weight excluding hydrogens is 220 g/mol. The summed E-state index contributed by atoms with van der Waals surface area (Å²) in [5.41, 5.74) is 3.20. The number of rotatable bonds is 0. The second kappa shape index (κ2) is 3.49. The first-order chi connectivity index (χ1) is 7.75. The average Bonchev–Trinajstić information content (AvgIpc) is 2.32. The molecule has 0 radical (unpaired) electrons. The number of allylic oxidation sites excluding steroid dienone is 6. The number of nitrogens with zero attached hydrogens (tertiary/aromatic N) is 2. The fraction of sp³-hybridized carbons (Fsp3) is 0.154. The molecule has 0 spiro atoms. The molecule has 0 fully saturated rings. The van der Waals surface area contributed by atoms with E-state index in [4.69, 9.17) is 11.6 Å². The maximum Gasteiger partial charge on any atom is 0.137 e. The Hall–Kier alpha value is -1.54. The molecule has 2 heterocycles. The van der Waals surface area contributed by atoms with Crippen LogP contribution in [0.1, 0.15) is 6.92 Å². The Morgan fingerprint density at radius 1 is 1.31 bits per heavy atom. The molecule has 0 N–H and O–H groups in total. The maximum atomic E-state index is 6.36. The van der Waals surface area contributed by atoms with Crippen molar-refractivity contribution in [3.63, 3.8) is 0 Å². The van der Waals surface area contributed by atoms with Crippen LogP contribution in [0.15, 0.2) is 64.6 Å². The summed E-state index contributed by atoms with van der Waals surface area (Å²) >= 11 is 6.36. The van der Waals surface area contributed by atoms with Crippen LogP contribution in [0.2, 0.25) is 0 Å². The van der Waals surface area contributed by atoms with Gasteiger partial charge < -0.3 is 4.90 Å². The summed E-state index contributed by atoms with van der Waals surface area (Å²) in [6.45, 7) is 2.04. The highest BCUT2D eigenvalue weighted by Crippen LogP contribution is 2.33. The SMILES string of the molecule is CC1=CC=C2N=C3C=CC=CN3C=C2C1Cl. The van der Waals surface area contributed by atoms with Crippen LogP contribution in [0.5, 0.6) is 0 Å². The highest BCUT2D eigenvalue weighted by atomic mass is 35.5. The molecule has 1 unspecified atom stereocenters. The molecule has 1 aliphatic carbocycles. The van der Waals surface area contributed by atoms with Crippen LogP contribution in [0, 0.1) is 0 Å². The van der Waals surface area contributed by atoms with Crippen molar-refractivity contribution in [2.75, 3.05) is 0 Å². The molecule has 80 valence electrons. The Kier molecular flexibility index (Phi) is 2.11. The molecule has 0 saturated heterocycles. The van der Waals surface area contributed by atoms with Crippen molar-refractivity contribution in [2.24, 2.45) is 4.99 Å². The van der Waals surface area contributed by atoms with Gasteiger partial charge in [0.15, 0.2) is 0 Å². The zero-order valence-electron chi connectivity index (χ0n) is 8.89. The summed E-state index contributed by atoms with van der Waals surface area (Å²) in [7, 11) is 0. The van der Waals surface area contributed by atoms with E-state index in [-0.39, 0.29) is 5.38 Å². The van der Waals surface area contributed by atoms with Gasteiger partial charge >= 0.3 is 0 Å². The zero-order chi connectivity index (χ0) is 11.1. The van der Waals surface area contributed by atoms with Crippen molar-refractivity contribution < 1.29 is 0 Å². The first-order valence-corrected chi connectivity index (χ1v) is 5.66. The van der Waals surface area contributed by atoms with Gasteiger partial charge in [0.1, 0.15) is 5.84 Å². The van der Waals surface area contributed by atoms with Crippen LogP contribution < -0.4 is 0 Å². The van der Waals surface area contributed by atoms with Crippen molar-refractivity contribution in [3.05, 3.63) is 59.6 Å². The molecule has 3 rings (SSSR count). The van der Waals surface area contributed by atoms with E-state index in [1.54, 1.807) is 0 Å². The topological polar surface area (TPSA) is 15.6 Å². The van der Waals surface area contributed by atoms with Crippen LogP contribution in [-0.2, 0) is 0 Å². The molecule has 1 atom stereocenters. The van der Waals surface area contributed by atoms with Gasteiger partial charge in [0.05, 0.1) is 11.1 Å². The van der Waals surface area contributed by atoms with Gasteiger partial charge in [0.2, 0.25) is 0 Å². The minimum atomic E-state index is -0.0652. The molecule has 0 bridgehead atoms. The molecule has 3 aliphatic rings. The predicted octanol–water partition coefficient (Wildman–Crippen LogP) is 3.12. The van der Waals surface area contributed by atoms with E-state index in [1.165, 1.54) is 0 Å². The lowest BCUT2D eigenvalue weighted by molar-refractivity contribution is 0.726. The van der Waals surface area contributed by atoms with Gasteiger partial charge in [-0.15, -0.1) is 11.6 Å². The fourth-order valence-corrected chi connectivity index (χ4v) is 2.16. The Morgan fingerprint density at radius 2 is 2.19 bits per heavy atom. The van der Waals surface area contributed by atoms with Gasteiger partial charge in [-0.2, -0.15) is 0 Å². The number of hydrogen-bond acceptors (Lipinski definition) is 2. The number of aliphatic imine (C=N–C) groups is 1. The fourth-order valence-electron chi connectivity index (χ4n) is 1.92. The zero-order valence-corrected chi connectivity index (χ0v) is 9.65. The van der Waals surface area contributed by atoms with Crippen LogP contribution in [0.4, 0.5) is 0 Å². The molecule has 0 aromatic rings. The summed E-state index contributed by atoms with van der Waals surface area (Å²) in [5.74, 6) is 0.939.